The number of alkyl halides is 5. The summed E-state index contributed by atoms with van der Waals surface area (Å²) in [5.41, 5.74) is 0. The van der Waals surface area contributed by atoms with Crippen molar-refractivity contribution in [3.05, 3.63) is 0 Å². The molecule has 0 aromatic carbocycles. The number of hydrogen-bond acceptors (Lipinski definition) is 3. The van der Waals surface area contributed by atoms with Gasteiger partial charge in [0.2, 0.25) is 0 Å². The van der Waals surface area contributed by atoms with Crippen LogP contribution in [0, 0.1) is 5.92 Å². The van der Waals surface area contributed by atoms with Gasteiger partial charge in [0.25, 0.3) is 0 Å². The van der Waals surface area contributed by atoms with Crippen LogP contribution in [0.3, 0.4) is 0 Å². The van der Waals surface area contributed by atoms with Crippen molar-refractivity contribution in [1.29, 1.82) is 0 Å². The Kier molecular flexibility index (Phi) is 7.05. The first-order valence-corrected chi connectivity index (χ1v) is 6.31. The van der Waals surface area contributed by atoms with Crippen LogP contribution < -0.4 is 0 Å². The molecular formula is C12H18F5NO3. The van der Waals surface area contributed by atoms with Gasteiger partial charge in [-0.05, 0) is 5.92 Å². The SMILES string of the molecule is CCC(CC)CN(CC(=O)OC)C(=O)C(F)(F)C(F)(F)F. The number of carbonyl (C=O) groups excluding carboxylic acids is 2. The van der Waals surface area contributed by atoms with Crippen LogP contribution in [0.1, 0.15) is 26.7 Å². The lowest BCUT2D eigenvalue weighted by atomic mass is 10.0. The maximum Gasteiger partial charge on any atom is 0.463 e. The van der Waals surface area contributed by atoms with Crippen LogP contribution in [0.5, 0.6) is 0 Å². The normalized spacial score (nSPS) is 12.4. The minimum atomic E-state index is -6.01. The van der Waals surface area contributed by atoms with Gasteiger partial charge >= 0.3 is 24.0 Å². The van der Waals surface area contributed by atoms with E-state index in [2.05, 4.69) is 4.74 Å². The fourth-order valence-electron chi connectivity index (χ4n) is 1.62. The van der Waals surface area contributed by atoms with E-state index in [1.165, 1.54) is 0 Å². The van der Waals surface area contributed by atoms with Gasteiger partial charge in [0.05, 0.1) is 7.11 Å². The standard InChI is InChI=1S/C12H18F5NO3/c1-4-8(5-2)6-18(7-9(19)21-3)10(20)11(13,14)12(15,16)17/h8H,4-7H2,1-3H3. The number of methoxy groups -OCH3 is 1. The molecule has 0 radical (unpaired) electrons. The number of ether oxygens (including phenoxy) is 1. The highest BCUT2D eigenvalue weighted by Gasteiger charge is 2.64. The molecule has 0 aliphatic carbocycles. The Labute approximate surface area is 119 Å². The van der Waals surface area contributed by atoms with Crippen molar-refractivity contribution in [3.8, 4) is 0 Å². The molecule has 124 valence electrons. The van der Waals surface area contributed by atoms with Crippen molar-refractivity contribution in [3.63, 3.8) is 0 Å². The summed E-state index contributed by atoms with van der Waals surface area (Å²) in [5, 5.41) is 0. The number of halogens is 5. The minimum absolute atomic E-state index is 0.205. The zero-order valence-corrected chi connectivity index (χ0v) is 12.0. The number of carbonyl (C=O) groups is 2. The predicted molar refractivity (Wildman–Crippen MR) is 63.7 cm³/mol. The summed E-state index contributed by atoms with van der Waals surface area (Å²) in [6.07, 6.45) is -5.07. The van der Waals surface area contributed by atoms with Gasteiger partial charge in [-0.15, -0.1) is 0 Å². The van der Waals surface area contributed by atoms with E-state index in [0.717, 1.165) is 7.11 Å². The molecule has 0 atom stereocenters. The summed E-state index contributed by atoms with van der Waals surface area (Å²) in [6.45, 7) is 2.10. The van der Waals surface area contributed by atoms with Crippen molar-refractivity contribution in [2.24, 2.45) is 5.92 Å². The highest BCUT2D eigenvalue weighted by atomic mass is 19.4. The van der Waals surface area contributed by atoms with Crippen molar-refractivity contribution in [2.45, 2.75) is 38.8 Å². The van der Waals surface area contributed by atoms with Crippen LogP contribution in [0.25, 0.3) is 0 Å². The Morgan fingerprint density at radius 2 is 1.57 bits per heavy atom. The maximum absolute atomic E-state index is 13.1. The van der Waals surface area contributed by atoms with Crippen LogP contribution in [-0.4, -0.2) is 49.1 Å². The van der Waals surface area contributed by atoms with Crippen molar-refractivity contribution in [1.82, 2.24) is 4.90 Å². The molecule has 4 nitrogen and oxygen atoms in total. The molecule has 21 heavy (non-hydrogen) atoms. The second kappa shape index (κ2) is 7.56. The van der Waals surface area contributed by atoms with Gasteiger partial charge in [-0.3, -0.25) is 9.59 Å². The average Bonchev–Trinajstić information content (AvgIpc) is 2.40. The summed E-state index contributed by atoms with van der Waals surface area (Å²) in [5.74, 6) is -9.32. The third-order valence-electron chi connectivity index (χ3n) is 3.09. The van der Waals surface area contributed by atoms with Crippen LogP contribution in [0.2, 0.25) is 0 Å². The van der Waals surface area contributed by atoms with Gasteiger partial charge in [0, 0.05) is 6.54 Å². The minimum Gasteiger partial charge on any atom is -0.468 e. The van der Waals surface area contributed by atoms with E-state index >= 15 is 0 Å². The zero-order valence-electron chi connectivity index (χ0n) is 12.0. The molecule has 0 N–H and O–H groups in total. The summed E-state index contributed by atoms with van der Waals surface area (Å²) in [7, 11) is 0.948. The first-order valence-electron chi connectivity index (χ1n) is 6.31. The molecule has 0 unspecified atom stereocenters. The number of amides is 1. The molecule has 1 amide bonds. The van der Waals surface area contributed by atoms with E-state index in [1.54, 1.807) is 13.8 Å². The van der Waals surface area contributed by atoms with Gasteiger partial charge in [0.15, 0.2) is 0 Å². The smallest absolute Gasteiger partial charge is 0.463 e. The van der Waals surface area contributed by atoms with Crippen molar-refractivity contribution >= 4 is 11.9 Å². The van der Waals surface area contributed by atoms with Gasteiger partial charge in [-0.1, -0.05) is 26.7 Å². The Balaban J connectivity index is 5.28. The summed E-state index contributed by atoms with van der Waals surface area (Å²) >= 11 is 0. The van der Waals surface area contributed by atoms with Gasteiger partial charge in [-0.25, -0.2) is 0 Å². The second-order valence-corrected chi connectivity index (χ2v) is 4.52. The fraction of sp³-hybridized carbons (Fsp3) is 0.833. The third-order valence-corrected chi connectivity index (χ3v) is 3.09. The number of rotatable bonds is 7. The molecule has 0 rings (SSSR count). The summed E-state index contributed by atoms with van der Waals surface area (Å²) in [4.78, 5) is 22.8. The number of nitrogens with zero attached hydrogens (tertiary/aromatic N) is 1. The zero-order chi connectivity index (χ0) is 16.8. The van der Waals surface area contributed by atoms with E-state index in [4.69, 9.17) is 0 Å². The highest BCUT2D eigenvalue weighted by molar-refractivity contribution is 5.87. The quantitative estimate of drug-likeness (QED) is 0.535. The first-order chi connectivity index (χ1) is 9.51. The molecule has 0 spiro atoms. The third kappa shape index (κ3) is 5.13. The molecule has 9 heteroatoms. The first kappa shape index (κ1) is 19.6. The molecule has 0 aliphatic rings. The van der Waals surface area contributed by atoms with Gasteiger partial charge < -0.3 is 9.64 Å². The largest absolute Gasteiger partial charge is 0.468 e. The van der Waals surface area contributed by atoms with Crippen LogP contribution in [0.4, 0.5) is 22.0 Å². The maximum atomic E-state index is 13.1. The van der Waals surface area contributed by atoms with Crippen LogP contribution >= 0.6 is 0 Å². The van der Waals surface area contributed by atoms with Crippen LogP contribution in [-0.2, 0) is 14.3 Å². The molecular weight excluding hydrogens is 301 g/mol. The second-order valence-electron chi connectivity index (χ2n) is 4.52. The Bertz CT molecular complexity index is 366. The van der Waals surface area contributed by atoms with Gasteiger partial charge in [-0.2, -0.15) is 22.0 Å². The van der Waals surface area contributed by atoms with Crippen molar-refractivity contribution < 1.29 is 36.3 Å². The Hall–Kier alpha value is -1.41. The number of esters is 1. The van der Waals surface area contributed by atoms with Gasteiger partial charge in [0.1, 0.15) is 6.54 Å². The topological polar surface area (TPSA) is 46.6 Å². The Morgan fingerprint density at radius 1 is 1.10 bits per heavy atom. The molecule has 0 bridgehead atoms. The lowest BCUT2D eigenvalue weighted by Gasteiger charge is -2.29. The van der Waals surface area contributed by atoms with E-state index in [-0.39, 0.29) is 17.4 Å². The molecule has 0 saturated heterocycles. The lowest BCUT2D eigenvalue weighted by Crippen LogP contribution is -2.54. The van der Waals surface area contributed by atoms with E-state index < -0.39 is 30.5 Å². The summed E-state index contributed by atoms with van der Waals surface area (Å²) in [6, 6.07) is 0. The average molecular weight is 319 g/mol. The molecule has 0 aromatic rings. The molecule has 0 saturated carbocycles. The number of hydrogen-bond donors (Lipinski definition) is 0. The highest BCUT2D eigenvalue weighted by Crippen LogP contribution is 2.37. The van der Waals surface area contributed by atoms with Crippen LogP contribution in [0.15, 0.2) is 0 Å². The van der Waals surface area contributed by atoms with E-state index in [9.17, 15) is 31.5 Å². The van der Waals surface area contributed by atoms with E-state index in [0.29, 0.717) is 12.8 Å². The molecule has 0 heterocycles. The predicted octanol–water partition coefficient (Wildman–Crippen LogP) is 2.62. The molecule has 0 aromatic heterocycles. The summed E-state index contributed by atoms with van der Waals surface area (Å²) < 4.78 is 67.2. The molecule has 0 aliphatic heterocycles. The Morgan fingerprint density at radius 3 is 1.90 bits per heavy atom. The monoisotopic (exact) mass is 319 g/mol. The fourth-order valence-corrected chi connectivity index (χ4v) is 1.62. The molecule has 0 fully saturated rings. The lowest BCUT2D eigenvalue weighted by molar-refractivity contribution is -0.274. The van der Waals surface area contributed by atoms with Crippen molar-refractivity contribution in [2.75, 3.05) is 20.2 Å². The van der Waals surface area contributed by atoms with E-state index in [1.807, 2.05) is 0 Å².